The molecule has 1 fully saturated rings. The minimum atomic E-state index is -0.736. The maximum Gasteiger partial charge on any atom is 0.407 e. The summed E-state index contributed by atoms with van der Waals surface area (Å²) in [5, 5.41) is 5.42. The van der Waals surface area contributed by atoms with E-state index >= 15 is 0 Å². The number of alkyl carbamates (subject to hydrolysis) is 1. The number of hydrogen-bond acceptors (Lipinski definition) is 6. The van der Waals surface area contributed by atoms with Crippen molar-refractivity contribution in [3.05, 3.63) is 34.2 Å². The van der Waals surface area contributed by atoms with Crippen molar-refractivity contribution in [1.82, 2.24) is 24.7 Å². The van der Waals surface area contributed by atoms with Gasteiger partial charge in [0.2, 0.25) is 5.91 Å². The SMILES string of the molecule is CNC(=O)C(CCC=O)n1c(=O)n(C)c2cc(C3CCN(CCNC(=O)OC(C)(C)C)CC3)ccc21. The van der Waals surface area contributed by atoms with Crippen LogP contribution in [0.15, 0.2) is 23.0 Å². The van der Waals surface area contributed by atoms with Gasteiger partial charge in [-0.2, -0.15) is 0 Å². The van der Waals surface area contributed by atoms with Gasteiger partial charge < -0.3 is 25.1 Å². The van der Waals surface area contributed by atoms with E-state index in [0.29, 0.717) is 18.0 Å². The van der Waals surface area contributed by atoms with Crippen molar-refractivity contribution in [1.29, 1.82) is 0 Å². The summed E-state index contributed by atoms with van der Waals surface area (Å²) in [7, 11) is 3.25. The van der Waals surface area contributed by atoms with Crippen LogP contribution in [-0.2, 0) is 21.4 Å². The lowest BCUT2D eigenvalue weighted by Crippen LogP contribution is -2.40. The topological polar surface area (TPSA) is 115 Å². The molecule has 0 aliphatic carbocycles. The first-order chi connectivity index (χ1) is 17.1. The van der Waals surface area contributed by atoms with Gasteiger partial charge in [-0.25, -0.2) is 9.59 Å². The minimum Gasteiger partial charge on any atom is -0.444 e. The van der Waals surface area contributed by atoms with Crippen molar-refractivity contribution in [2.75, 3.05) is 33.2 Å². The maximum absolute atomic E-state index is 13.1. The molecule has 1 aliphatic rings. The lowest BCUT2D eigenvalue weighted by Gasteiger charge is -2.32. The fraction of sp³-hybridized carbons (Fsp3) is 0.615. The van der Waals surface area contributed by atoms with Crippen LogP contribution < -0.4 is 16.3 Å². The Bertz CT molecular complexity index is 1140. The fourth-order valence-corrected chi connectivity index (χ4v) is 4.83. The third kappa shape index (κ3) is 6.54. The summed E-state index contributed by atoms with van der Waals surface area (Å²) >= 11 is 0. The van der Waals surface area contributed by atoms with Gasteiger partial charge in [-0.1, -0.05) is 6.07 Å². The number of carbonyl (C=O) groups excluding carboxylic acids is 3. The summed E-state index contributed by atoms with van der Waals surface area (Å²) in [5.41, 5.74) is 1.87. The van der Waals surface area contributed by atoms with Crippen molar-refractivity contribution in [2.45, 2.75) is 64.0 Å². The Morgan fingerprint density at radius 3 is 2.50 bits per heavy atom. The van der Waals surface area contributed by atoms with E-state index in [-0.39, 0.29) is 24.4 Å². The van der Waals surface area contributed by atoms with Gasteiger partial charge in [0, 0.05) is 33.6 Å². The maximum atomic E-state index is 13.1. The predicted octanol–water partition coefficient (Wildman–Crippen LogP) is 2.31. The fourth-order valence-electron chi connectivity index (χ4n) is 4.83. The standard InChI is InChI=1S/C26H39N5O5/c1-26(2,3)36-24(34)28-12-15-30-13-10-18(11-14-30)19-8-9-20-22(17-19)29(5)25(35)31(20)21(7-6-16-32)23(33)27-4/h8-9,16-18,21H,6-7,10-15H2,1-5H3,(H,27,33)(H,28,34). The summed E-state index contributed by atoms with van der Waals surface area (Å²) in [6, 6.07) is 5.28. The number of carbonyl (C=O) groups is 3. The van der Waals surface area contributed by atoms with Crippen LogP contribution in [0, 0.1) is 0 Å². The van der Waals surface area contributed by atoms with E-state index in [1.54, 1.807) is 11.6 Å². The van der Waals surface area contributed by atoms with Crippen LogP contribution in [0.4, 0.5) is 4.79 Å². The van der Waals surface area contributed by atoms with Crippen LogP contribution in [0.2, 0.25) is 0 Å². The number of piperidine rings is 1. The van der Waals surface area contributed by atoms with Crippen molar-refractivity contribution in [2.24, 2.45) is 7.05 Å². The number of benzene rings is 1. The molecule has 0 saturated carbocycles. The van der Waals surface area contributed by atoms with E-state index in [1.165, 1.54) is 17.2 Å². The van der Waals surface area contributed by atoms with E-state index < -0.39 is 17.7 Å². The normalized spacial score (nSPS) is 16.0. The van der Waals surface area contributed by atoms with Gasteiger partial charge in [-0.3, -0.25) is 13.9 Å². The van der Waals surface area contributed by atoms with Crippen LogP contribution in [0.25, 0.3) is 11.0 Å². The average Bonchev–Trinajstić information content (AvgIpc) is 3.08. The molecule has 1 aromatic carbocycles. The third-order valence-electron chi connectivity index (χ3n) is 6.69. The summed E-state index contributed by atoms with van der Waals surface area (Å²) < 4.78 is 8.36. The number of aromatic nitrogens is 2. The minimum absolute atomic E-state index is 0.199. The molecule has 0 spiro atoms. The highest BCUT2D eigenvalue weighted by atomic mass is 16.6. The number of amides is 2. The highest BCUT2D eigenvalue weighted by Gasteiger charge is 2.26. The molecule has 1 aliphatic heterocycles. The van der Waals surface area contributed by atoms with Gasteiger partial charge in [0.25, 0.3) is 0 Å². The summed E-state index contributed by atoms with van der Waals surface area (Å²) in [6.45, 7) is 8.68. The molecular formula is C26H39N5O5. The van der Waals surface area contributed by atoms with Crippen LogP contribution in [-0.4, -0.2) is 71.1 Å². The summed E-state index contributed by atoms with van der Waals surface area (Å²) in [5.74, 6) is 0.0803. The molecule has 1 saturated heterocycles. The molecule has 2 heterocycles. The quantitative estimate of drug-likeness (QED) is 0.510. The number of imidazole rings is 1. The largest absolute Gasteiger partial charge is 0.444 e. The number of hydrogen-bond donors (Lipinski definition) is 2. The second-order valence-corrected chi connectivity index (χ2v) is 10.4. The van der Waals surface area contributed by atoms with Gasteiger partial charge in [0.05, 0.1) is 11.0 Å². The van der Waals surface area contributed by atoms with Crippen LogP contribution in [0.5, 0.6) is 0 Å². The van der Waals surface area contributed by atoms with Crippen LogP contribution >= 0.6 is 0 Å². The number of ether oxygens (including phenoxy) is 1. The number of likely N-dealkylation sites (tertiary alicyclic amines) is 1. The van der Waals surface area contributed by atoms with Crippen molar-refractivity contribution in [3.8, 4) is 0 Å². The Morgan fingerprint density at radius 1 is 1.19 bits per heavy atom. The second-order valence-electron chi connectivity index (χ2n) is 10.4. The number of nitrogens with zero attached hydrogens (tertiary/aromatic N) is 3. The molecule has 3 rings (SSSR count). The van der Waals surface area contributed by atoms with E-state index in [9.17, 15) is 19.2 Å². The summed E-state index contributed by atoms with van der Waals surface area (Å²) in [6.07, 6.45) is 2.80. The van der Waals surface area contributed by atoms with E-state index in [1.807, 2.05) is 32.9 Å². The first kappa shape index (κ1) is 27.4. The zero-order valence-electron chi connectivity index (χ0n) is 22.0. The lowest BCUT2D eigenvalue weighted by atomic mass is 9.89. The summed E-state index contributed by atoms with van der Waals surface area (Å²) in [4.78, 5) is 50.7. The smallest absolute Gasteiger partial charge is 0.407 e. The highest BCUT2D eigenvalue weighted by Crippen LogP contribution is 2.31. The number of fused-ring (bicyclic) bond motifs is 1. The molecule has 2 aromatic rings. The van der Waals surface area contributed by atoms with Crippen molar-refractivity contribution in [3.63, 3.8) is 0 Å². The van der Waals surface area contributed by atoms with Crippen molar-refractivity contribution >= 4 is 29.3 Å². The zero-order valence-corrected chi connectivity index (χ0v) is 22.0. The molecular weight excluding hydrogens is 462 g/mol. The number of aryl methyl sites for hydroxylation is 1. The Morgan fingerprint density at radius 2 is 1.89 bits per heavy atom. The van der Waals surface area contributed by atoms with Gasteiger partial charge in [-0.15, -0.1) is 0 Å². The highest BCUT2D eigenvalue weighted by molar-refractivity contribution is 5.84. The molecule has 2 amide bonds. The van der Waals surface area contributed by atoms with Gasteiger partial charge in [0.15, 0.2) is 0 Å². The zero-order chi connectivity index (χ0) is 26.5. The molecule has 10 heteroatoms. The molecule has 0 bridgehead atoms. The third-order valence-corrected chi connectivity index (χ3v) is 6.69. The first-order valence-electron chi connectivity index (χ1n) is 12.6. The second kappa shape index (κ2) is 11.7. The molecule has 2 N–H and O–H groups in total. The van der Waals surface area contributed by atoms with E-state index in [2.05, 4.69) is 21.6 Å². The molecule has 1 aromatic heterocycles. The molecule has 0 radical (unpaired) electrons. The Labute approximate surface area is 212 Å². The Hall–Kier alpha value is -3.14. The van der Waals surface area contributed by atoms with Crippen LogP contribution in [0.3, 0.4) is 0 Å². The van der Waals surface area contributed by atoms with Gasteiger partial charge >= 0.3 is 11.8 Å². The monoisotopic (exact) mass is 501 g/mol. The molecule has 10 nitrogen and oxygen atoms in total. The molecule has 198 valence electrons. The molecule has 36 heavy (non-hydrogen) atoms. The number of nitrogens with one attached hydrogen (secondary N) is 2. The number of likely N-dealkylation sites (N-methyl/N-ethyl adjacent to an activating group) is 1. The first-order valence-corrected chi connectivity index (χ1v) is 12.6. The average molecular weight is 502 g/mol. The van der Waals surface area contributed by atoms with E-state index in [4.69, 9.17) is 4.74 Å². The Balaban J connectivity index is 1.67. The Kier molecular flexibility index (Phi) is 8.94. The van der Waals surface area contributed by atoms with Gasteiger partial charge in [-0.05, 0) is 76.7 Å². The number of aldehydes is 1. The number of rotatable bonds is 9. The van der Waals surface area contributed by atoms with E-state index in [0.717, 1.165) is 44.3 Å². The lowest BCUT2D eigenvalue weighted by molar-refractivity contribution is -0.124. The molecule has 1 unspecified atom stereocenters. The van der Waals surface area contributed by atoms with Crippen molar-refractivity contribution < 1.29 is 19.1 Å². The van der Waals surface area contributed by atoms with Crippen LogP contribution in [0.1, 0.15) is 64.0 Å². The van der Waals surface area contributed by atoms with Gasteiger partial charge in [0.1, 0.15) is 17.9 Å². The molecule has 1 atom stereocenters. The predicted molar refractivity (Wildman–Crippen MR) is 138 cm³/mol.